The van der Waals surface area contributed by atoms with Crippen molar-refractivity contribution < 1.29 is 0 Å². The van der Waals surface area contributed by atoms with Gasteiger partial charge in [0.2, 0.25) is 0 Å². The van der Waals surface area contributed by atoms with Crippen LogP contribution in [0.3, 0.4) is 0 Å². The van der Waals surface area contributed by atoms with E-state index in [2.05, 4.69) is 44.3 Å². The molecule has 0 heterocycles. The molecule has 0 aromatic heterocycles. The molecule has 1 N–H and O–H groups in total. The van der Waals surface area contributed by atoms with Crippen molar-refractivity contribution in [2.75, 3.05) is 6.54 Å². The summed E-state index contributed by atoms with van der Waals surface area (Å²) in [6, 6.07) is 6.58. The van der Waals surface area contributed by atoms with Crippen molar-refractivity contribution in [2.45, 2.75) is 40.2 Å². The van der Waals surface area contributed by atoms with Crippen molar-refractivity contribution in [1.82, 2.24) is 5.32 Å². The van der Waals surface area contributed by atoms with Gasteiger partial charge >= 0.3 is 0 Å². The van der Waals surface area contributed by atoms with Gasteiger partial charge in [0.05, 0.1) is 0 Å². The quantitative estimate of drug-likeness (QED) is 0.796. The third-order valence-electron chi connectivity index (χ3n) is 3.93. The zero-order chi connectivity index (χ0) is 11.5. The molecular formula is C15H23N. The van der Waals surface area contributed by atoms with Crippen LogP contribution < -0.4 is 5.32 Å². The Hall–Kier alpha value is -0.820. The minimum Gasteiger partial charge on any atom is -0.312 e. The Bertz CT molecular complexity index is 352. The predicted molar refractivity (Wildman–Crippen MR) is 69.5 cm³/mol. The van der Waals surface area contributed by atoms with E-state index in [1.807, 2.05) is 0 Å². The third kappa shape index (κ3) is 2.85. The first-order valence-corrected chi connectivity index (χ1v) is 6.44. The van der Waals surface area contributed by atoms with Gasteiger partial charge in [-0.1, -0.05) is 25.1 Å². The molecule has 1 heteroatoms. The molecule has 16 heavy (non-hydrogen) atoms. The maximum absolute atomic E-state index is 3.59. The van der Waals surface area contributed by atoms with Gasteiger partial charge in [-0.15, -0.1) is 0 Å². The van der Waals surface area contributed by atoms with Gasteiger partial charge in [-0.05, 0) is 61.8 Å². The number of aryl methyl sites for hydroxylation is 1. The highest BCUT2D eigenvalue weighted by Crippen LogP contribution is 2.36. The monoisotopic (exact) mass is 217 g/mol. The van der Waals surface area contributed by atoms with Crippen LogP contribution >= 0.6 is 0 Å². The Morgan fingerprint density at radius 3 is 2.75 bits per heavy atom. The van der Waals surface area contributed by atoms with Gasteiger partial charge in [-0.2, -0.15) is 0 Å². The first-order chi connectivity index (χ1) is 7.68. The van der Waals surface area contributed by atoms with E-state index in [1.54, 1.807) is 0 Å². The third-order valence-corrected chi connectivity index (χ3v) is 3.93. The Labute approximate surface area is 99.3 Å². The minimum absolute atomic E-state index is 0.852. The molecule has 1 nitrogen and oxygen atoms in total. The van der Waals surface area contributed by atoms with Crippen molar-refractivity contribution in [3.63, 3.8) is 0 Å². The summed E-state index contributed by atoms with van der Waals surface area (Å²) in [5.41, 5.74) is 4.28. The van der Waals surface area contributed by atoms with Crippen molar-refractivity contribution >= 4 is 0 Å². The summed E-state index contributed by atoms with van der Waals surface area (Å²) in [4.78, 5) is 0. The molecule has 88 valence electrons. The second kappa shape index (κ2) is 5.01. The van der Waals surface area contributed by atoms with E-state index in [9.17, 15) is 0 Å². The van der Waals surface area contributed by atoms with Crippen molar-refractivity contribution in [3.05, 3.63) is 34.9 Å². The van der Waals surface area contributed by atoms with Crippen LogP contribution in [0.15, 0.2) is 18.2 Å². The summed E-state index contributed by atoms with van der Waals surface area (Å²) < 4.78 is 0. The maximum atomic E-state index is 3.59. The molecule has 1 aliphatic carbocycles. The molecule has 0 spiro atoms. The van der Waals surface area contributed by atoms with Gasteiger partial charge in [-0.25, -0.2) is 0 Å². The fourth-order valence-electron chi connectivity index (χ4n) is 2.27. The SMILES string of the molecule is Cc1cccc(CNCC(C)C2CC2)c1C. The molecule has 0 aliphatic heterocycles. The molecule has 1 aliphatic rings. The standard InChI is InChI=1S/C15H23N/c1-11-5-4-6-15(13(11)3)10-16-9-12(2)14-7-8-14/h4-6,12,14,16H,7-10H2,1-3H3. The first-order valence-electron chi connectivity index (χ1n) is 6.44. The van der Waals surface area contributed by atoms with Crippen molar-refractivity contribution in [2.24, 2.45) is 11.8 Å². The molecule has 0 bridgehead atoms. The van der Waals surface area contributed by atoms with Crippen LogP contribution in [0.25, 0.3) is 0 Å². The van der Waals surface area contributed by atoms with Crippen LogP contribution in [0.2, 0.25) is 0 Å². The number of rotatable bonds is 5. The zero-order valence-electron chi connectivity index (χ0n) is 10.7. The second-order valence-electron chi connectivity index (χ2n) is 5.30. The normalized spacial score (nSPS) is 17.4. The fourth-order valence-corrected chi connectivity index (χ4v) is 2.27. The van der Waals surface area contributed by atoms with E-state index >= 15 is 0 Å². The van der Waals surface area contributed by atoms with Gasteiger partial charge in [0.25, 0.3) is 0 Å². The van der Waals surface area contributed by atoms with E-state index in [0.717, 1.165) is 24.9 Å². The Morgan fingerprint density at radius 1 is 1.31 bits per heavy atom. The average molecular weight is 217 g/mol. The minimum atomic E-state index is 0.852. The highest BCUT2D eigenvalue weighted by atomic mass is 14.9. The summed E-state index contributed by atoms with van der Waals surface area (Å²) in [5, 5.41) is 3.59. The van der Waals surface area contributed by atoms with Gasteiger partial charge in [0, 0.05) is 6.54 Å². The summed E-state index contributed by atoms with van der Waals surface area (Å²) in [6.45, 7) is 8.96. The van der Waals surface area contributed by atoms with Crippen LogP contribution in [-0.4, -0.2) is 6.54 Å². The van der Waals surface area contributed by atoms with Crippen LogP contribution in [0.5, 0.6) is 0 Å². The molecule has 1 aromatic rings. The maximum Gasteiger partial charge on any atom is 0.0208 e. The van der Waals surface area contributed by atoms with Crippen LogP contribution in [-0.2, 0) is 6.54 Å². The molecule has 0 amide bonds. The molecule has 0 radical (unpaired) electrons. The number of hydrogen-bond donors (Lipinski definition) is 1. The Kier molecular flexibility index (Phi) is 3.65. The number of hydrogen-bond acceptors (Lipinski definition) is 1. The molecule has 2 rings (SSSR count). The van der Waals surface area contributed by atoms with Crippen LogP contribution in [0.4, 0.5) is 0 Å². The van der Waals surface area contributed by atoms with Crippen LogP contribution in [0, 0.1) is 25.7 Å². The lowest BCUT2D eigenvalue weighted by Crippen LogP contribution is -2.22. The fraction of sp³-hybridized carbons (Fsp3) is 0.600. The van der Waals surface area contributed by atoms with E-state index in [1.165, 1.54) is 29.5 Å². The van der Waals surface area contributed by atoms with Gasteiger partial charge in [-0.3, -0.25) is 0 Å². The summed E-state index contributed by atoms with van der Waals surface area (Å²) in [6.07, 6.45) is 2.90. The van der Waals surface area contributed by atoms with E-state index in [0.29, 0.717) is 0 Å². The van der Waals surface area contributed by atoms with Crippen molar-refractivity contribution in [1.29, 1.82) is 0 Å². The number of nitrogens with one attached hydrogen (secondary N) is 1. The molecule has 1 fully saturated rings. The van der Waals surface area contributed by atoms with Gasteiger partial charge in [0.15, 0.2) is 0 Å². The summed E-state index contributed by atoms with van der Waals surface area (Å²) in [7, 11) is 0. The predicted octanol–water partition coefficient (Wildman–Crippen LogP) is 3.44. The van der Waals surface area contributed by atoms with E-state index in [-0.39, 0.29) is 0 Å². The molecule has 1 aromatic carbocycles. The molecule has 1 atom stereocenters. The smallest absolute Gasteiger partial charge is 0.0208 e. The number of benzene rings is 1. The van der Waals surface area contributed by atoms with Gasteiger partial charge < -0.3 is 5.32 Å². The summed E-state index contributed by atoms with van der Waals surface area (Å²) >= 11 is 0. The highest BCUT2D eigenvalue weighted by molar-refractivity contribution is 5.32. The van der Waals surface area contributed by atoms with E-state index in [4.69, 9.17) is 0 Å². The lowest BCUT2D eigenvalue weighted by atomic mass is 10.0. The van der Waals surface area contributed by atoms with Crippen molar-refractivity contribution in [3.8, 4) is 0 Å². The largest absolute Gasteiger partial charge is 0.312 e. The van der Waals surface area contributed by atoms with Crippen LogP contribution in [0.1, 0.15) is 36.5 Å². The molecule has 1 unspecified atom stereocenters. The lowest BCUT2D eigenvalue weighted by Gasteiger charge is -2.13. The summed E-state index contributed by atoms with van der Waals surface area (Å²) in [5.74, 6) is 1.86. The molecular weight excluding hydrogens is 194 g/mol. The lowest BCUT2D eigenvalue weighted by molar-refractivity contribution is 0.461. The molecule has 0 saturated heterocycles. The second-order valence-corrected chi connectivity index (χ2v) is 5.30. The topological polar surface area (TPSA) is 12.0 Å². The Morgan fingerprint density at radius 2 is 2.06 bits per heavy atom. The Balaban J connectivity index is 1.82. The first kappa shape index (κ1) is 11.7. The highest BCUT2D eigenvalue weighted by Gasteiger charge is 2.27. The zero-order valence-corrected chi connectivity index (χ0v) is 10.7. The molecule has 1 saturated carbocycles. The average Bonchev–Trinajstić information content (AvgIpc) is 3.07. The van der Waals surface area contributed by atoms with E-state index < -0.39 is 0 Å². The van der Waals surface area contributed by atoms with Gasteiger partial charge in [0.1, 0.15) is 0 Å².